The number of carboxylic acids is 1. The van der Waals surface area contributed by atoms with E-state index in [1.807, 2.05) is 25.1 Å². The highest BCUT2D eigenvalue weighted by Crippen LogP contribution is 2.09. The van der Waals surface area contributed by atoms with Gasteiger partial charge in [0, 0.05) is 18.4 Å². The maximum Gasteiger partial charge on any atom is 0.354 e. The minimum absolute atomic E-state index is 0.0250. The van der Waals surface area contributed by atoms with Gasteiger partial charge in [-0.2, -0.15) is 0 Å². The van der Waals surface area contributed by atoms with Gasteiger partial charge >= 0.3 is 12.0 Å². The first-order valence-electron chi connectivity index (χ1n) is 6.34. The number of amides is 2. The Morgan fingerprint density at radius 2 is 2.05 bits per heavy atom. The van der Waals surface area contributed by atoms with Crippen LogP contribution in [0.15, 0.2) is 42.6 Å². The fraction of sp³-hybridized carbons (Fsp3) is 0.133. The number of anilines is 1. The molecule has 0 bridgehead atoms. The summed E-state index contributed by atoms with van der Waals surface area (Å²) in [5, 5.41) is 14.1. The molecule has 6 nitrogen and oxygen atoms in total. The minimum Gasteiger partial charge on any atom is -0.477 e. The number of carboxylic acid groups (broad SMARTS) is 1. The van der Waals surface area contributed by atoms with Crippen molar-refractivity contribution in [3.8, 4) is 0 Å². The third-order valence-electron chi connectivity index (χ3n) is 2.77. The zero-order chi connectivity index (χ0) is 15.2. The van der Waals surface area contributed by atoms with Gasteiger partial charge in [-0.3, -0.25) is 0 Å². The molecule has 0 spiro atoms. The number of urea groups is 1. The van der Waals surface area contributed by atoms with Gasteiger partial charge in [-0.25, -0.2) is 14.6 Å². The lowest BCUT2D eigenvalue weighted by Gasteiger charge is -2.08. The van der Waals surface area contributed by atoms with Crippen LogP contribution in [-0.2, 0) is 6.54 Å². The van der Waals surface area contributed by atoms with Crippen molar-refractivity contribution in [3.63, 3.8) is 0 Å². The molecule has 0 unspecified atom stereocenters. The summed E-state index contributed by atoms with van der Waals surface area (Å²) in [5.41, 5.74) is 2.47. The Balaban J connectivity index is 1.87. The third kappa shape index (κ3) is 4.31. The predicted molar refractivity (Wildman–Crippen MR) is 78.2 cm³/mol. The average molecular weight is 285 g/mol. The highest BCUT2D eigenvalue weighted by Gasteiger charge is 2.05. The number of aryl methyl sites for hydroxylation is 1. The molecule has 6 heteroatoms. The van der Waals surface area contributed by atoms with E-state index in [4.69, 9.17) is 5.11 Å². The molecule has 2 aromatic rings. The molecular formula is C15H15N3O3. The van der Waals surface area contributed by atoms with Gasteiger partial charge in [0.15, 0.2) is 0 Å². The largest absolute Gasteiger partial charge is 0.477 e. The molecule has 1 aromatic carbocycles. The maximum atomic E-state index is 11.7. The van der Waals surface area contributed by atoms with Crippen LogP contribution < -0.4 is 10.6 Å². The Morgan fingerprint density at radius 1 is 1.24 bits per heavy atom. The molecule has 0 saturated carbocycles. The number of hydrogen-bond acceptors (Lipinski definition) is 3. The number of hydrogen-bond donors (Lipinski definition) is 3. The van der Waals surface area contributed by atoms with Crippen molar-refractivity contribution in [3.05, 3.63) is 59.4 Å². The molecule has 21 heavy (non-hydrogen) atoms. The van der Waals surface area contributed by atoms with Gasteiger partial charge < -0.3 is 15.7 Å². The molecule has 0 aliphatic rings. The first kappa shape index (κ1) is 14.5. The normalized spacial score (nSPS) is 9.95. The Kier molecular flexibility index (Phi) is 4.50. The summed E-state index contributed by atoms with van der Waals surface area (Å²) < 4.78 is 0. The summed E-state index contributed by atoms with van der Waals surface area (Å²) >= 11 is 0. The Labute approximate surface area is 121 Å². The second-order valence-electron chi connectivity index (χ2n) is 4.53. The monoisotopic (exact) mass is 285 g/mol. The van der Waals surface area contributed by atoms with Gasteiger partial charge in [-0.05, 0) is 36.2 Å². The Morgan fingerprint density at radius 3 is 2.67 bits per heavy atom. The number of carbonyl (C=O) groups is 2. The van der Waals surface area contributed by atoms with Crippen molar-refractivity contribution in [2.24, 2.45) is 0 Å². The van der Waals surface area contributed by atoms with Crippen LogP contribution in [0.1, 0.15) is 21.6 Å². The van der Waals surface area contributed by atoms with Gasteiger partial charge in [0.25, 0.3) is 0 Å². The third-order valence-corrected chi connectivity index (χ3v) is 2.77. The molecule has 2 rings (SSSR count). The molecule has 0 aliphatic heterocycles. The number of aromatic nitrogens is 1. The van der Waals surface area contributed by atoms with Crippen LogP contribution in [0.4, 0.5) is 10.5 Å². The molecule has 2 amide bonds. The predicted octanol–water partition coefficient (Wildman–Crippen LogP) is 2.41. The fourth-order valence-corrected chi connectivity index (χ4v) is 1.74. The van der Waals surface area contributed by atoms with E-state index in [-0.39, 0.29) is 18.3 Å². The van der Waals surface area contributed by atoms with Gasteiger partial charge in [0.2, 0.25) is 0 Å². The van der Waals surface area contributed by atoms with Crippen molar-refractivity contribution in [2.45, 2.75) is 13.5 Å². The van der Waals surface area contributed by atoms with E-state index >= 15 is 0 Å². The van der Waals surface area contributed by atoms with Gasteiger partial charge in [-0.1, -0.05) is 18.2 Å². The summed E-state index contributed by atoms with van der Waals surface area (Å²) in [6.07, 6.45) is 1.43. The standard InChI is InChI=1S/C15H15N3O3/c1-10-3-2-4-12(7-10)18-15(21)17-9-11-5-6-13(14(19)20)16-8-11/h2-8H,9H2,1H3,(H,19,20)(H2,17,18,21). The number of carbonyl (C=O) groups excluding carboxylic acids is 1. The van der Waals surface area contributed by atoms with E-state index in [1.54, 1.807) is 12.1 Å². The summed E-state index contributed by atoms with van der Waals surface area (Å²) in [5.74, 6) is -1.08. The van der Waals surface area contributed by atoms with Crippen molar-refractivity contribution in [1.29, 1.82) is 0 Å². The van der Waals surface area contributed by atoms with Crippen LogP contribution in [0.5, 0.6) is 0 Å². The highest BCUT2D eigenvalue weighted by atomic mass is 16.4. The van der Waals surface area contributed by atoms with Crippen LogP contribution in [0.3, 0.4) is 0 Å². The molecule has 1 aromatic heterocycles. The topological polar surface area (TPSA) is 91.3 Å². The average Bonchev–Trinajstić information content (AvgIpc) is 2.45. The maximum absolute atomic E-state index is 11.7. The second kappa shape index (κ2) is 6.51. The molecule has 3 N–H and O–H groups in total. The molecule has 0 fully saturated rings. The first-order chi connectivity index (χ1) is 10.0. The molecule has 0 aliphatic carbocycles. The second-order valence-corrected chi connectivity index (χ2v) is 4.53. The zero-order valence-electron chi connectivity index (χ0n) is 11.5. The van der Waals surface area contributed by atoms with E-state index in [0.29, 0.717) is 5.69 Å². The van der Waals surface area contributed by atoms with Crippen LogP contribution in [0.2, 0.25) is 0 Å². The summed E-state index contributed by atoms with van der Waals surface area (Å²) in [7, 11) is 0. The van der Waals surface area contributed by atoms with Crippen LogP contribution in [0.25, 0.3) is 0 Å². The molecule has 0 saturated heterocycles. The van der Waals surface area contributed by atoms with E-state index in [0.717, 1.165) is 11.1 Å². The smallest absolute Gasteiger partial charge is 0.354 e. The molecule has 1 heterocycles. The van der Waals surface area contributed by atoms with Crippen molar-refractivity contribution in [2.75, 3.05) is 5.32 Å². The number of aromatic carboxylic acids is 1. The van der Waals surface area contributed by atoms with Crippen LogP contribution >= 0.6 is 0 Å². The number of nitrogens with zero attached hydrogens (tertiary/aromatic N) is 1. The molecule has 0 radical (unpaired) electrons. The van der Waals surface area contributed by atoms with Gasteiger partial charge in [0.05, 0.1) is 0 Å². The van der Waals surface area contributed by atoms with E-state index < -0.39 is 5.97 Å². The van der Waals surface area contributed by atoms with Crippen molar-refractivity contribution >= 4 is 17.7 Å². The van der Waals surface area contributed by atoms with Crippen LogP contribution in [0, 0.1) is 6.92 Å². The van der Waals surface area contributed by atoms with Crippen molar-refractivity contribution < 1.29 is 14.7 Å². The van der Waals surface area contributed by atoms with Gasteiger partial charge in [-0.15, -0.1) is 0 Å². The highest BCUT2D eigenvalue weighted by molar-refractivity contribution is 5.89. The van der Waals surface area contributed by atoms with E-state index in [9.17, 15) is 9.59 Å². The van der Waals surface area contributed by atoms with E-state index in [2.05, 4.69) is 15.6 Å². The lowest BCUT2D eigenvalue weighted by molar-refractivity contribution is 0.0690. The Bertz CT molecular complexity index is 653. The zero-order valence-corrected chi connectivity index (χ0v) is 11.5. The number of benzene rings is 1. The lowest BCUT2D eigenvalue weighted by Crippen LogP contribution is -2.28. The fourth-order valence-electron chi connectivity index (χ4n) is 1.74. The molecule has 108 valence electrons. The molecule has 0 atom stereocenters. The minimum atomic E-state index is -1.08. The quantitative estimate of drug-likeness (QED) is 0.804. The summed E-state index contributed by atoms with van der Waals surface area (Å²) in [6.45, 7) is 2.21. The SMILES string of the molecule is Cc1cccc(NC(=O)NCc2ccc(C(=O)O)nc2)c1. The number of nitrogens with one attached hydrogen (secondary N) is 2. The number of rotatable bonds is 4. The number of pyridine rings is 1. The van der Waals surface area contributed by atoms with Gasteiger partial charge in [0.1, 0.15) is 5.69 Å². The molecular weight excluding hydrogens is 270 g/mol. The Hall–Kier alpha value is -2.89. The first-order valence-corrected chi connectivity index (χ1v) is 6.34. The lowest BCUT2D eigenvalue weighted by atomic mass is 10.2. The van der Waals surface area contributed by atoms with E-state index in [1.165, 1.54) is 12.3 Å². The van der Waals surface area contributed by atoms with Crippen LogP contribution in [-0.4, -0.2) is 22.1 Å². The van der Waals surface area contributed by atoms with Crippen molar-refractivity contribution in [1.82, 2.24) is 10.3 Å². The summed E-state index contributed by atoms with van der Waals surface area (Å²) in [4.78, 5) is 26.2. The summed E-state index contributed by atoms with van der Waals surface area (Å²) in [6, 6.07) is 10.2.